The molecule has 0 saturated carbocycles. The Kier molecular flexibility index (Phi) is 4.46. The van der Waals surface area contributed by atoms with Crippen LogP contribution < -0.4 is 5.32 Å². The Balaban J connectivity index is 1.59. The Morgan fingerprint density at radius 1 is 1.29 bits per heavy atom. The highest BCUT2D eigenvalue weighted by Crippen LogP contribution is 2.29. The van der Waals surface area contributed by atoms with Gasteiger partial charge in [0.2, 0.25) is 5.76 Å². The van der Waals surface area contributed by atoms with Gasteiger partial charge in [-0.05, 0) is 56.0 Å². The molecule has 0 saturated heterocycles. The number of carbonyl (C=O) groups excluding carboxylic acids is 1. The summed E-state index contributed by atoms with van der Waals surface area (Å²) in [6.45, 7) is 1.84. The van der Waals surface area contributed by atoms with Crippen LogP contribution >= 0.6 is 0 Å². The largest absolute Gasteiger partial charge is 0.475 e. The molecule has 4 rings (SSSR count). The number of carboxylic acids is 1. The fraction of sp³-hybridized carbons (Fsp3) is 0.250. The van der Waals surface area contributed by atoms with Crippen molar-refractivity contribution in [2.45, 2.75) is 32.7 Å². The summed E-state index contributed by atoms with van der Waals surface area (Å²) in [7, 11) is 0. The number of carbonyl (C=O) groups is 2. The number of nitrogens with one attached hydrogen (secondary N) is 1. The molecule has 0 bridgehead atoms. The van der Waals surface area contributed by atoms with E-state index in [-0.39, 0.29) is 23.8 Å². The quantitative estimate of drug-likeness (QED) is 0.706. The van der Waals surface area contributed by atoms with Gasteiger partial charge >= 0.3 is 5.97 Å². The normalized spacial score (nSPS) is 12.8. The van der Waals surface area contributed by atoms with Gasteiger partial charge in [0.1, 0.15) is 17.3 Å². The van der Waals surface area contributed by atoms with Crippen LogP contribution in [0.4, 0.5) is 4.39 Å². The fourth-order valence-corrected chi connectivity index (χ4v) is 3.44. The van der Waals surface area contributed by atoms with Crippen molar-refractivity contribution >= 4 is 11.9 Å². The number of rotatable bonds is 5. The molecule has 2 N–H and O–H groups in total. The van der Waals surface area contributed by atoms with E-state index >= 15 is 0 Å². The molecule has 0 atom stereocenters. The summed E-state index contributed by atoms with van der Waals surface area (Å²) in [5.41, 5.74) is 3.06. The Labute approximate surface area is 159 Å². The van der Waals surface area contributed by atoms with Crippen LogP contribution in [0.2, 0.25) is 0 Å². The zero-order valence-corrected chi connectivity index (χ0v) is 15.2. The van der Waals surface area contributed by atoms with Crippen molar-refractivity contribution < 1.29 is 23.5 Å². The molecule has 0 unspecified atom stereocenters. The second-order valence-corrected chi connectivity index (χ2v) is 6.75. The Hall–Kier alpha value is -3.42. The highest BCUT2D eigenvalue weighted by molar-refractivity contribution is 5.94. The maximum Gasteiger partial charge on any atom is 0.371 e. The number of aromatic carboxylic acids is 1. The zero-order valence-electron chi connectivity index (χ0n) is 15.2. The van der Waals surface area contributed by atoms with Crippen molar-refractivity contribution in [2.75, 3.05) is 0 Å². The van der Waals surface area contributed by atoms with E-state index in [1.54, 1.807) is 12.1 Å². The molecule has 28 heavy (non-hydrogen) atoms. The number of benzene rings is 1. The molecule has 0 spiro atoms. The standard InChI is InChI=1S/C20H18FN3O4/c1-11-5-7-16(14(21)9-11)24-15-4-2-3-13(15)18(23-24)19(25)22-10-12-6-8-17(28-12)20(26)27/h5-9H,2-4,10H2,1H3,(H,22,25)(H,26,27). The topological polar surface area (TPSA) is 97.4 Å². The molecule has 144 valence electrons. The van der Waals surface area contributed by atoms with Crippen LogP contribution in [0.25, 0.3) is 5.69 Å². The number of hydrogen-bond donors (Lipinski definition) is 2. The van der Waals surface area contributed by atoms with E-state index in [9.17, 15) is 14.0 Å². The van der Waals surface area contributed by atoms with Crippen molar-refractivity contribution in [3.63, 3.8) is 0 Å². The van der Waals surface area contributed by atoms with E-state index in [4.69, 9.17) is 9.52 Å². The van der Waals surface area contributed by atoms with Crippen LogP contribution in [0.5, 0.6) is 0 Å². The number of nitrogens with zero attached hydrogens (tertiary/aromatic N) is 2. The van der Waals surface area contributed by atoms with Crippen molar-refractivity contribution in [1.82, 2.24) is 15.1 Å². The lowest BCUT2D eigenvalue weighted by atomic mass is 10.2. The van der Waals surface area contributed by atoms with E-state index in [0.717, 1.165) is 29.7 Å². The molecule has 1 aromatic carbocycles. The molecule has 2 heterocycles. The number of amides is 1. The molecule has 0 fully saturated rings. The second-order valence-electron chi connectivity index (χ2n) is 6.75. The first-order valence-electron chi connectivity index (χ1n) is 8.91. The zero-order chi connectivity index (χ0) is 19.8. The third-order valence-corrected chi connectivity index (χ3v) is 4.77. The summed E-state index contributed by atoms with van der Waals surface area (Å²) >= 11 is 0. The molecular formula is C20H18FN3O4. The summed E-state index contributed by atoms with van der Waals surface area (Å²) in [5.74, 6) is -1.83. The number of aryl methyl sites for hydroxylation is 1. The van der Waals surface area contributed by atoms with Crippen molar-refractivity contribution in [3.05, 3.63) is 70.2 Å². The van der Waals surface area contributed by atoms with E-state index in [1.165, 1.54) is 22.9 Å². The second kappa shape index (κ2) is 6.95. The molecule has 1 amide bonds. The van der Waals surface area contributed by atoms with Crippen LogP contribution in [-0.2, 0) is 19.4 Å². The number of fused-ring (bicyclic) bond motifs is 1. The van der Waals surface area contributed by atoms with Crippen LogP contribution in [0, 0.1) is 12.7 Å². The number of furan rings is 1. The van der Waals surface area contributed by atoms with Gasteiger partial charge in [-0.3, -0.25) is 4.79 Å². The van der Waals surface area contributed by atoms with Gasteiger partial charge in [0.25, 0.3) is 5.91 Å². The first-order valence-corrected chi connectivity index (χ1v) is 8.91. The van der Waals surface area contributed by atoms with Crippen LogP contribution in [0.3, 0.4) is 0 Å². The molecule has 2 aromatic heterocycles. The molecule has 7 nitrogen and oxygen atoms in total. The third-order valence-electron chi connectivity index (χ3n) is 4.77. The molecule has 1 aliphatic carbocycles. The van der Waals surface area contributed by atoms with Crippen molar-refractivity contribution in [1.29, 1.82) is 0 Å². The predicted octanol–water partition coefficient (Wildman–Crippen LogP) is 3.03. The van der Waals surface area contributed by atoms with Gasteiger partial charge in [-0.25, -0.2) is 13.9 Å². The van der Waals surface area contributed by atoms with Crippen LogP contribution in [-0.4, -0.2) is 26.8 Å². The molecule has 0 aliphatic heterocycles. The minimum Gasteiger partial charge on any atom is -0.475 e. The number of carboxylic acid groups (broad SMARTS) is 1. The van der Waals surface area contributed by atoms with E-state index in [0.29, 0.717) is 17.9 Å². The minimum absolute atomic E-state index is 0.0344. The maximum absolute atomic E-state index is 14.4. The molecule has 0 radical (unpaired) electrons. The lowest BCUT2D eigenvalue weighted by Crippen LogP contribution is -2.24. The van der Waals surface area contributed by atoms with E-state index in [1.807, 2.05) is 6.92 Å². The lowest BCUT2D eigenvalue weighted by molar-refractivity contribution is 0.0660. The van der Waals surface area contributed by atoms with Gasteiger partial charge in [-0.15, -0.1) is 0 Å². The summed E-state index contributed by atoms with van der Waals surface area (Å²) in [5, 5.41) is 16.0. The average Bonchev–Trinajstić information content (AvgIpc) is 3.36. The monoisotopic (exact) mass is 383 g/mol. The number of aromatic nitrogens is 2. The SMILES string of the molecule is Cc1ccc(-n2nc(C(=O)NCc3ccc(C(=O)O)o3)c3c2CCC3)c(F)c1. The fourth-order valence-electron chi connectivity index (χ4n) is 3.44. The van der Waals surface area contributed by atoms with Crippen molar-refractivity contribution in [2.24, 2.45) is 0 Å². The van der Waals surface area contributed by atoms with Gasteiger partial charge < -0.3 is 14.8 Å². The first kappa shape index (κ1) is 18.0. The highest BCUT2D eigenvalue weighted by Gasteiger charge is 2.28. The maximum atomic E-state index is 14.4. The Bertz CT molecular complexity index is 1080. The minimum atomic E-state index is -1.17. The molecule has 1 aliphatic rings. The van der Waals surface area contributed by atoms with Crippen LogP contribution in [0.1, 0.15) is 50.0 Å². The van der Waals surface area contributed by atoms with Crippen molar-refractivity contribution in [3.8, 4) is 5.69 Å². The first-order chi connectivity index (χ1) is 13.4. The molecule has 8 heteroatoms. The number of halogens is 1. The number of hydrogen-bond acceptors (Lipinski definition) is 4. The third kappa shape index (κ3) is 3.17. The smallest absolute Gasteiger partial charge is 0.371 e. The molecule has 3 aromatic rings. The van der Waals surface area contributed by atoms with E-state index in [2.05, 4.69) is 10.4 Å². The summed E-state index contributed by atoms with van der Waals surface area (Å²) in [6.07, 6.45) is 2.31. The summed E-state index contributed by atoms with van der Waals surface area (Å²) in [4.78, 5) is 23.5. The van der Waals surface area contributed by atoms with Gasteiger partial charge in [0.05, 0.1) is 6.54 Å². The Morgan fingerprint density at radius 2 is 2.11 bits per heavy atom. The average molecular weight is 383 g/mol. The van der Waals surface area contributed by atoms with Gasteiger partial charge in [-0.1, -0.05) is 6.07 Å². The highest BCUT2D eigenvalue weighted by atomic mass is 19.1. The van der Waals surface area contributed by atoms with Gasteiger partial charge in [0.15, 0.2) is 5.69 Å². The lowest BCUT2D eigenvalue weighted by Gasteiger charge is -2.07. The predicted molar refractivity (Wildman–Crippen MR) is 97.1 cm³/mol. The Morgan fingerprint density at radius 3 is 2.82 bits per heavy atom. The van der Waals surface area contributed by atoms with Gasteiger partial charge in [0, 0.05) is 11.3 Å². The summed E-state index contributed by atoms with van der Waals surface area (Å²) < 4.78 is 21.1. The molecular weight excluding hydrogens is 365 g/mol. The van der Waals surface area contributed by atoms with E-state index < -0.39 is 11.9 Å². The van der Waals surface area contributed by atoms with Gasteiger partial charge in [-0.2, -0.15) is 5.10 Å². The van der Waals surface area contributed by atoms with Crippen LogP contribution in [0.15, 0.2) is 34.7 Å². The summed E-state index contributed by atoms with van der Waals surface area (Å²) in [6, 6.07) is 7.73.